The summed E-state index contributed by atoms with van der Waals surface area (Å²) in [6.45, 7) is 0.550. The third-order valence-electron chi connectivity index (χ3n) is 4.30. The molecule has 7 nitrogen and oxygen atoms in total. The van der Waals surface area contributed by atoms with Crippen LogP contribution in [0.15, 0.2) is 12.4 Å². The number of amides is 1. The SMILES string of the molecule is COCC(=O)Nc1c[nH]c2ncc(C(F)(F)F)c(N3CCC[C@@H](N)C3)c12. The van der Waals surface area contributed by atoms with Gasteiger partial charge in [0.05, 0.1) is 22.3 Å². The van der Waals surface area contributed by atoms with Crippen LogP contribution < -0.4 is 16.0 Å². The number of anilines is 2. The molecular weight excluding hydrogens is 351 g/mol. The molecule has 10 heteroatoms. The number of rotatable bonds is 4. The lowest BCUT2D eigenvalue weighted by molar-refractivity contribution is -0.137. The number of fused-ring (bicyclic) bond motifs is 1. The maximum Gasteiger partial charge on any atom is 0.419 e. The topological polar surface area (TPSA) is 96.3 Å². The zero-order valence-electron chi connectivity index (χ0n) is 14.2. The van der Waals surface area contributed by atoms with Crippen LogP contribution in [-0.2, 0) is 15.7 Å². The van der Waals surface area contributed by atoms with Gasteiger partial charge in [-0.25, -0.2) is 4.98 Å². The summed E-state index contributed by atoms with van der Waals surface area (Å²) >= 11 is 0. The number of pyridine rings is 1. The van der Waals surface area contributed by atoms with Crippen LogP contribution in [0.3, 0.4) is 0 Å². The first-order chi connectivity index (χ1) is 12.3. The number of methoxy groups -OCH3 is 1. The van der Waals surface area contributed by atoms with Crippen LogP contribution in [-0.4, -0.2) is 48.7 Å². The second-order valence-electron chi connectivity index (χ2n) is 6.27. The van der Waals surface area contributed by atoms with Crippen molar-refractivity contribution in [3.63, 3.8) is 0 Å². The molecule has 0 bridgehead atoms. The van der Waals surface area contributed by atoms with Gasteiger partial charge in [-0.2, -0.15) is 13.2 Å². The second kappa shape index (κ2) is 7.12. The maximum absolute atomic E-state index is 13.6. The molecule has 0 unspecified atom stereocenters. The Hall–Kier alpha value is -2.33. The molecule has 3 heterocycles. The van der Waals surface area contributed by atoms with Crippen molar-refractivity contribution in [2.45, 2.75) is 25.1 Å². The molecule has 142 valence electrons. The zero-order valence-corrected chi connectivity index (χ0v) is 14.2. The minimum Gasteiger partial charge on any atom is -0.375 e. The van der Waals surface area contributed by atoms with Crippen molar-refractivity contribution < 1.29 is 22.7 Å². The van der Waals surface area contributed by atoms with E-state index in [-0.39, 0.29) is 35.1 Å². The smallest absolute Gasteiger partial charge is 0.375 e. The Bertz CT molecular complexity index is 805. The minimum atomic E-state index is -4.58. The van der Waals surface area contributed by atoms with Crippen molar-refractivity contribution in [1.29, 1.82) is 0 Å². The van der Waals surface area contributed by atoms with E-state index in [1.807, 2.05) is 0 Å². The Morgan fingerprint density at radius 3 is 2.96 bits per heavy atom. The van der Waals surface area contributed by atoms with Gasteiger partial charge in [-0.3, -0.25) is 4.79 Å². The Kier molecular flexibility index (Phi) is 5.05. The summed E-state index contributed by atoms with van der Waals surface area (Å²) in [7, 11) is 1.36. The number of alkyl halides is 3. The fourth-order valence-electron chi connectivity index (χ4n) is 3.24. The number of carbonyl (C=O) groups excluding carboxylic acids is 1. The molecule has 0 saturated carbocycles. The summed E-state index contributed by atoms with van der Waals surface area (Å²) < 4.78 is 45.7. The molecule has 2 aromatic heterocycles. The van der Waals surface area contributed by atoms with Gasteiger partial charge in [0.1, 0.15) is 12.3 Å². The molecule has 0 aromatic carbocycles. The number of nitrogens with zero attached hydrogens (tertiary/aromatic N) is 2. The standard InChI is InChI=1S/C16H20F3N5O2/c1-26-8-12(25)23-11-6-22-15-13(11)14(10(5-21-15)16(17,18)19)24-4-2-3-9(20)7-24/h5-6,9H,2-4,7-8,20H2,1H3,(H,21,22)(H,23,25)/t9-/m1/s1. The van der Waals surface area contributed by atoms with E-state index in [0.29, 0.717) is 19.5 Å². The van der Waals surface area contributed by atoms with Gasteiger partial charge in [0.25, 0.3) is 0 Å². The Balaban J connectivity index is 2.15. The Morgan fingerprint density at radius 2 is 2.31 bits per heavy atom. The number of piperidine rings is 1. The first-order valence-corrected chi connectivity index (χ1v) is 8.18. The molecule has 1 atom stereocenters. The molecule has 1 amide bonds. The quantitative estimate of drug-likeness (QED) is 0.765. The van der Waals surface area contributed by atoms with Crippen LogP contribution in [0.1, 0.15) is 18.4 Å². The van der Waals surface area contributed by atoms with Gasteiger partial charge in [0, 0.05) is 38.6 Å². The molecular formula is C16H20F3N5O2. The van der Waals surface area contributed by atoms with Gasteiger partial charge in [0.2, 0.25) is 5.91 Å². The van der Waals surface area contributed by atoms with E-state index < -0.39 is 17.6 Å². The number of nitrogens with two attached hydrogens (primary N) is 1. The predicted molar refractivity (Wildman–Crippen MR) is 91.0 cm³/mol. The number of hydrogen-bond donors (Lipinski definition) is 3. The number of aromatic amines is 1. The van der Waals surface area contributed by atoms with Crippen molar-refractivity contribution in [2.24, 2.45) is 5.73 Å². The van der Waals surface area contributed by atoms with Crippen LogP contribution in [0.2, 0.25) is 0 Å². The third kappa shape index (κ3) is 3.61. The first-order valence-electron chi connectivity index (χ1n) is 8.18. The van der Waals surface area contributed by atoms with E-state index in [1.165, 1.54) is 13.3 Å². The fraction of sp³-hybridized carbons (Fsp3) is 0.500. The summed E-state index contributed by atoms with van der Waals surface area (Å²) in [5.41, 5.74) is 5.61. The molecule has 2 aromatic rings. The molecule has 0 radical (unpaired) electrons. The average Bonchev–Trinajstić information content (AvgIpc) is 2.96. The van der Waals surface area contributed by atoms with Crippen LogP contribution in [0.4, 0.5) is 24.5 Å². The number of hydrogen-bond acceptors (Lipinski definition) is 5. The third-order valence-corrected chi connectivity index (χ3v) is 4.30. The molecule has 3 rings (SSSR count). The van der Waals surface area contributed by atoms with Crippen LogP contribution in [0, 0.1) is 0 Å². The van der Waals surface area contributed by atoms with Crippen molar-refractivity contribution in [3.8, 4) is 0 Å². The number of halogens is 3. The van der Waals surface area contributed by atoms with Gasteiger partial charge < -0.3 is 25.7 Å². The average molecular weight is 371 g/mol. The highest BCUT2D eigenvalue weighted by Crippen LogP contribution is 2.43. The van der Waals surface area contributed by atoms with Crippen LogP contribution in [0.5, 0.6) is 0 Å². The maximum atomic E-state index is 13.6. The van der Waals surface area contributed by atoms with Crippen molar-refractivity contribution in [1.82, 2.24) is 9.97 Å². The number of nitrogens with one attached hydrogen (secondary N) is 2. The first kappa shape index (κ1) is 18.5. The largest absolute Gasteiger partial charge is 0.419 e. The van der Waals surface area contributed by atoms with E-state index in [9.17, 15) is 18.0 Å². The van der Waals surface area contributed by atoms with Gasteiger partial charge in [0.15, 0.2) is 0 Å². The number of carbonyl (C=O) groups is 1. The van der Waals surface area contributed by atoms with E-state index >= 15 is 0 Å². The van der Waals surface area contributed by atoms with E-state index in [0.717, 1.165) is 12.6 Å². The van der Waals surface area contributed by atoms with Crippen molar-refractivity contribution >= 4 is 28.3 Å². The fourth-order valence-corrected chi connectivity index (χ4v) is 3.24. The molecule has 1 aliphatic heterocycles. The minimum absolute atomic E-state index is 0.00776. The van der Waals surface area contributed by atoms with Gasteiger partial charge >= 0.3 is 6.18 Å². The number of aromatic nitrogens is 2. The number of ether oxygens (including phenoxy) is 1. The summed E-state index contributed by atoms with van der Waals surface area (Å²) in [5.74, 6) is -0.466. The molecule has 4 N–H and O–H groups in total. The lowest BCUT2D eigenvalue weighted by atomic mass is 10.0. The second-order valence-corrected chi connectivity index (χ2v) is 6.27. The molecule has 1 fully saturated rings. The van der Waals surface area contributed by atoms with E-state index in [4.69, 9.17) is 10.5 Å². The molecule has 0 aliphatic carbocycles. The van der Waals surface area contributed by atoms with Crippen molar-refractivity contribution in [2.75, 3.05) is 37.0 Å². The zero-order chi connectivity index (χ0) is 18.9. The highest BCUT2D eigenvalue weighted by atomic mass is 19.4. The van der Waals surface area contributed by atoms with Crippen LogP contribution in [0.25, 0.3) is 11.0 Å². The molecule has 26 heavy (non-hydrogen) atoms. The van der Waals surface area contributed by atoms with Gasteiger partial charge in [-0.05, 0) is 12.8 Å². The predicted octanol–water partition coefficient (Wildman–Crippen LogP) is 2.09. The lowest BCUT2D eigenvalue weighted by Crippen LogP contribution is -2.43. The summed E-state index contributed by atoms with van der Waals surface area (Å²) in [6.07, 6.45) is -0.883. The lowest BCUT2D eigenvalue weighted by Gasteiger charge is -2.34. The highest BCUT2D eigenvalue weighted by Gasteiger charge is 2.38. The summed E-state index contributed by atoms with van der Waals surface area (Å²) in [4.78, 5) is 20.2. The normalized spacial score (nSPS) is 18.3. The molecule has 0 spiro atoms. The molecule has 1 aliphatic rings. The van der Waals surface area contributed by atoms with Gasteiger partial charge in [-0.1, -0.05) is 0 Å². The monoisotopic (exact) mass is 371 g/mol. The van der Waals surface area contributed by atoms with Gasteiger partial charge in [-0.15, -0.1) is 0 Å². The van der Waals surface area contributed by atoms with Crippen LogP contribution >= 0.6 is 0 Å². The molecule has 1 saturated heterocycles. The van der Waals surface area contributed by atoms with E-state index in [1.54, 1.807) is 4.90 Å². The highest BCUT2D eigenvalue weighted by molar-refractivity contribution is 6.07. The Morgan fingerprint density at radius 1 is 1.54 bits per heavy atom. The summed E-state index contributed by atoms with van der Waals surface area (Å²) in [5, 5.41) is 2.80. The summed E-state index contributed by atoms with van der Waals surface area (Å²) in [6, 6.07) is -0.210. The van der Waals surface area contributed by atoms with Crippen molar-refractivity contribution in [3.05, 3.63) is 18.0 Å². The van der Waals surface area contributed by atoms with E-state index in [2.05, 4.69) is 15.3 Å². The Labute approximate surface area is 147 Å². The number of H-pyrrole nitrogens is 1.